The van der Waals surface area contributed by atoms with Crippen LogP contribution in [-0.4, -0.2) is 20.9 Å². The summed E-state index contributed by atoms with van der Waals surface area (Å²) in [6, 6.07) is 24.1. The molecule has 2 N–H and O–H groups in total. The van der Waals surface area contributed by atoms with Crippen LogP contribution in [0, 0.1) is 11.7 Å². The molecule has 3 heterocycles. The summed E-state index contributed by atoms with van der Waals surface area (Å²) >= 11 is 0. The molecule has 35 heavy (non-hydrogen) atoms. The van der Waals surface area contributed by atoms with Crippen LogP contribution in [0.15, 0.2) is 91.3 Å². The first-order valence-corrected chi connectivity index (χ1v) is 11.6. The van der Waals surface area contributed by atoms with Crippen LogP contribution < -0.4 is 5.32 Å². The molecule has 0 unspecified atom stereocenters. The van der Waals surface area contributed by atoms with Gasteiger partial charge in [0.15, 0.2) is 0 Å². The summed E-state index contributed by atoms with van der Waals surface area (Å²) in [6.07, 6.45) is 5.07. The summed E-state index contributed by atoms with van der Waals surface area (Å²) in [5.41, 5.74) is 5.46. The van der Waals surface area contributed by atoms with Gasteiger partial charge in [-0.1, -0.05) is 37.3 Å². The van der Waals surface area contributed by atoms with Crippen LogP contribution >= 0.6 is 0 Å². The zero-order chi connectivity index (χ0) is 24.2. The van der Waals surface area contributed by atoms with Gasteiger partial charge in [-0.2, -0.15) is 0 Å². The third-order valence-electron chi connectivity index (χ3n) is 6.17. The van der Waals surface area contributed by atoms with Crippen LogP contribution in [0.25, 0.3) is 33.4 Å². The molecule has 3 aromatic heterocycles. The van der Waals surface area contributed by atoms with Crippen molar-refractivity contribution in [3.63, 3.8) is 0 Å². The van der Waals surface area contributed by atoms with Crippen LogP contribution in [0.2, 0.25) is 0 Å². The number of benzene rings is 2. The van der Waals surface area contributed by atoms with Crippen LogP contribution in [0.3, 0.4) is 0 Å². The first kappa shape index (κ1) is 22.5. The van der Waals surface area contributed by atoms with Gasteiger partial charge in [0.25, 0.3) is 0 Å². The average Bonchev–Trinajstić information content (AvgIpc) is 3.27. The minimum Gasteiger partial charge on any atom is -0.339 e. The quantitative estimate of drug-likeness (QED) is 0.284. The van der Waals surface area contributed by atoms with Gasteiger partial charge in [-0.05, 0) is 78.1 Å². The Balaban J connectivity index is 1.42. The molecule has 0 aliphatic rings. The normalized spacial score (nSPS) is 11.9. The maximum atomic E-state index is 13.6. The third-order valence-corrected chi connectivity index (χ3v) is 6.17. The molecule has 1 atom stereocenters. The molecule has 0 saturated heterocycles. The van der Waals surface area contributed by atoms with Crippen molar-refractivity contribution in [1.82, 2.24) is 15.0 Å². The number of aromatic nitrogens is 3. The summed E-state index contributed by atoms with van der Waals surface area (Å²) in [4.78, 5) is 25.0. The number of hydrogen-bond acceptors (Lipinski definition) is 3. The fraction of sp³-hybridized carbons (Fsp3) is 0.138. The second kappa shape index (κ2) is 9.89. The van der Waals surface area contributed by atoms with E-state index in [1.54, 1.807) is 24.5 Å². The molecule has 5 nitrogen and oxygen atoms in total. The molecule has 6 heteroatoms. The van der Waals surface area contributed by atoms with Gasteiger partial charge in [0.1, 0.15) is 17.3 Å². The number of aryl methyl sites for hydroxylation is 1. The highest BCUT2D eigenvalue weighted by Gasteiger charge is 2.18. The van der Waals surface area contributed by atoms with E-state index in [1.807, 2.05) is 49.4 Å². The molecular formula is C29H25FN4O. The lowest BCUT2D eigenvalue weighted by Gasteiger charge is -2.12. The maximum Gasteiger partial charge on any atom is 0.228 e. The molecule has 0 radical (unpaired) electrons. The predicted molar refractivity (Wildman–Crippen MR) is 137 cm³/mol. The van der Waals surface area contributed by atoms with Crippen molar-refractivity contribution >= 4 is 22.8 Å². The van der Waals surface area contributed by atoms with E-state index in [0.717, 1.165) is 40.6 Å². The van der Waals surface area contributed by atoms with Gasteiger partial charge in [0.2, 0.25) is 5.91 Å². The number of halogens is 1. The number of nitrogens with zero attached hydrogens (tertiary/aromatic N) is 2. The summed E-state index contributed by atoms with van der Waals surface area (Å²) in [6.45, 7) is 1.93. The first-order valence-electron chi connectivity index (χ1n) is 11.6. The number of carbonyl (C=O) groups excluding carboxylic acids is 1. The molecule has 174 valence electrons. The van der Waals surface area contributed by atoms with Crippen molar-refractivity contribution in [2.45, 2.75) is 19.8 Å². The molecule has 5 rings (SSSR count). The van der Waals surface area contributed by atoms with Crippen molar-refractivity contribution in [1.29, 1.82) is 0 Å². The lowest BCUT2D eigenvalue weighted by molar-refractivity contribution is -0.119. The Morgan fingerprint density at radius 2 is 1.69 bits per heavy atom. The first-order chi connectivity index (χ1) is 17.1. The molecule has 0 bridgehead atoms. The van der Waals surface area contributed by atoms with E-state index in [1.165, 1.54) is 17.7 Å². The van der Waals surface area contributed by atoms with Gasteiger partial charge >= 0.3 is 0 Å². The molecule has 0 spiro atoms. The summed E-state index contributed by atoms with van der Waals surface area (Å²) in [5.74, 6) is -0.0203. The van der Waals surface area contributed by atoms with Gasteiger partial charge < -0.3 is 10.3 Å². The highest BCUT2D eigenvalue weighted by molar-refractivity contribution is 6.03. The lowest BCUT2D eigenvalue weighted by Crippen LogP contribution is -2.21. The number of pyridine rings is 2. The van der Waals surface area contributed by atoms with E-state index in [9.17, 15) is 9.18 Å². The van der Waals surface area contributed by atoms with E-state index in [4.69, 9.17) is 0 Å². The number of hydrogen-bond donors (Lipinski definition) is 2. The van der Waals surface area contributed by atoms with Gasteiger partial charge in [-0.15, -0.1) is 0 Å². The second-order valence-electron chi connectivity index (χ2n) is 8.63. The number of H-pyrrole nitrogens is 1. The number of nitrogens with one attached hydrogen (secondary N) is 2. The molecule has 1 amide bonds. The van der Waals surface area contributed by atoms with E-state index < -0.39 is 0 Å². The van der Waals surface area contributed by atoms with Gasteiger partial charge in [0, 0.05) is 29.3 Å². The van der Waals surface area contributed by atoms with Crippen LogP contribution in [0.4, 0.5) is 10.2 Å². The van der Waals surface area contributed by atoms with Gasteiger partial charge in [-0.3, -0.25) is 9.78 Å². The number of anilines is 1. The molecule has 5 aromatic rings. The number of fused-ring (bicyclic) bond motifs is 1. The topological polar surface area (TPSA) is 70.7 Å². The maximum absolute atomic E-state index is 13.6. The molecule has 0 fully saturated rings. The molecule has 0 aliphatic heterocycles. The smallest absolute Gasteiger partial charge is 0.228 e. The summed E-state index contributed by atoms with van der Waals surface area (Å²) in [7, 11) is 0. The van der Waals surface area contributed by atoms with E-state index >= 15 is 0 Å². The lowest BCUT2D eigenvalue weighted by atomic mass is 9.99. The van der Waals surface area contributed by atoms with Gasteiger partial charge in [0.05, 0.1) is 5.69 Å². The Labute approximate surface area is 203 Å². The molecule has 2 aromatic carbocycles. The summed E-state index contributed by atoms with van der Waals surface area (Å²) in [5, 5.41) is 3.86. The molecular weight excluding hydrogens is 439 g/mol. The standard InChI is InChI=1S/C29H25FN4O/c1-19(7-8-20-5-3-2-4-6-20)29(35)33-25-14-13-24-26(21-15-17-31-18-16-21)27(34-28(24)32-25)22-9-11-23(30)12-10-22/h2-6,9-19H,7-8H2,1H3,(H2,32,33,34,35)/t19-/m0/s1. The highest BCUT2D eigenvalue weighted by Crippen LogP contribution is 2.38. The fourth-order valence-electron chi connectivity index (χ4n) is 4.20. The SMILES string of the molecule is C[C@@H](CCc1ccccc1)C(=O)Nc1ccc2c(-c3ccncc3)c(-c3ccc(F)cc3)[nH]c2n1. The third kappa shape index (κ3) is 4.96. The number of aromatic amines is 1. The Morgan fingerprint density at radius 1 is 0.943 bits per heavy atom. The Bertz CT molecular complexity index is 1450. The van der Waals surface area contributed by atoms with Crippen LogP contribution in [0.1, 0.15) is 18.9 Å². The number of carbonyl (C=O) groups is 1. The Kier molecular flexibility index (Phi) is 6.35. The van der Waals surface area contributed by atoms with Crippen LogP contribution in [-0.2, 0) is 11.2 Å². The Morgan fingerprint density at radius 3 is 2.43 bits per heavy atom. The van der Waals surface area contributed by atoms with Crippen molar-refractivity contribution in [2.75, 3.05) is 5.32 Å². The molecule has 0 saturated carbocycles. The molecule has 0 aliphatic carbocycles. The number of rotatable bonds is 7. The fourth-order valence-corrected chi connectivity index (χ4v) is 4.20. The van der Waals surface area contributed by atoms with E-state index in [0.29, 0.717) is 11.5 Å². The van der Waals surface area contributed by atoms with E-state index in [2.05, 4.69) is 32.4 Å². The zero-order valence-electron chi connectivity index (χ0n) is 19.3. The minimum absolute atomic E-state index is 0.0625. The van der Waals surface area contributed by atoms with Gasteiger partial charge in [-0.25, -0.2) is 9.37 Å². The van der Waals surface area contributed by atoms with Crippen molar-refractivity contribution < 1.29 is 9.18 Å². The van der Waals surface area contributed by atoms with Crippen molar-refractivity contribution in [3.05, 3.63) is 103 Å². The van der Waals surface area contributed by atoms with E-state index in [-0.39, 0.29) is 17.6 Å². The summed E-state index contributed by atoms with van der Waals surface area (Å²) < 4.78 is 13.6. The monoisotopic (exact) mass is 464 g/mol. The van der Waals surface area contributed by atoms with Crippen LogP contribution in [0.5, 0.6) is 0 Å². The Hall–Kier alpha value is -4.32. The average molecular weight is 465 g/mol. The largest absolute Gasteiger partial charge is 0.339 e. The second-order valence-corrected chi connectivity index (χ2v) is 8.63. The van der Waals surface area contributed by atoms with Crippen molar-refractivity contribution in [3.8, 4) is 22.4 Å². The predicted octanol–water partition coefficient (Wildman–Crippen LogP) is 6.64. The van der Waals surface area contributed by atoms with Crippen molar-refractivity contribution in [2.24, 2.45) is 5.92 Å². The highest BCUT2D eigenvalue weighted by atomic mass is 19.1. The zero-order valence-corrected chi connectivity index (χ0v) is 19.3. The minimum atomic E-state index is -0.292. The number of amides is 1.